The van der Waals surface area contributed by atoms with Crippen LogP contribution < -0.4 is 11.1 Å². The van der Waals surface area contributed by atoms with Crippen LogP contribution in [-0.2, 0) is 4.79 Å². The normalized spacial score (nSPS) is 38.5. The number of hydrogen-bond acceptors (Lipinski definition) is 2. The summed E-state index contributed by atoms with van der Waals surface area (Å²) in [6.07, 6.45) is 5.55. The van der Waals surface area contributed by atoms with Gasteiger partial charge in [-0.05, 0) is 24.7 Å². The molecule has 15 heavy (non-hydrogen) atoms. The van der Waals surface area contributed by atoms with Crippen molar-refractivity contribution in [3.63, 3.8) is 0 Å². The second-order valence-corrected chi connectivity index (χ2v) is 5.81. The molecule has 0 aromatic carbocycles. The first-order chi connectivity index (χ1) is 7.00. The van der Waals surface area contributed by atoms with Gasteiger partial charge in [0.05, 0.1) is 0 Å². The summed E-state index contributed by atoms with van der Waals surface area (Å²) >= 11 is 0. The van der Waals surface area contributed by atoms with Gasteiger partial charge in [0.2, 0.25) is 5.91 Å². The highest BCUT2D eigenvalue weighted by Crippen LogP contribution is 2.51. The van der Waals surface area contributed by atoms with Gasteiger partial charge in [0, 0.05) is 18.0 Å². The van der Waals surface area contributed by atoms with Crippen LogP contribution in [0, 0.1) is 11.3 Å². The number of nitrogens with one attached hydrogen (secondary N) is 1. The molecule has 2 fully saturated rings. The quantitative estimate of drug-likeness (QED) is 0.724. The minimum atomic E-state index is 0.171. The molecule has 0 radical (unpaired) electrons. The fourth-order valence-electron chi connectivity index (χ4n) is 2.54. The molecule has 2 aliphatic rings. The molecule has 3 unspecified atom stereocenters. The van der Waals surface area contributed by atoms with Crippen molar-refractivity contribution in [2.45, 2.75) is 58.0 Å². The maximum atomic E-state index is 11.9. The molecule has 2 rings (SSSR count). The Hall–Kier alpha value is -0.570. The summed E-state index contributed by atoms with van der Waals surface area (Å²) in [5.41, 5.74) is 6.23. The summed E-state index contributed by atoms with van der Waals surface area (Å²) in [5, 5.41) is 3.12. The Morgan fingerprint density at radius 1 is 1.33 bits per heavy atom. The van der Waals surface area contributed by atoms with E-state index in [2.05, 4.69) is 19.2 Å². The van der Waals surface area contributed by atoms with Gasteiger partial charge in [0.15, 0.2) is 0 Å². The molecule has 3 nitrogen and oxygen atoms in total. The van der Waals surface area contributed by atoms with Crippen LogP contribution in [0.15, 0.2) is 0 Å². The van der Waals surface area contributed by atoms with Crippen LogP contribution in [0.2, 0.25) is 0 Å². The van der Waals surface area contributed by atoms with E-state index < -0.39 is 0 Å². The lowest BCUT2D eigenvalue weighted by Gasteiger charge is -2.29. The molecular formula is C12H22N2O. The topological polar surface area (TPSA) is 55.1 Å². The maximum Gasteiger partial charge on any atom is 0.223 e. The molecular weight excluding hydrogens is 188 g/mol. The fourth-order valence-corrected chi connectivity index (χ4v) is 2.54. The monoisotopic (exact) mass is 210 g/mol. The third-order valence-electron chi connectivity index (χ3n) is 3.98. The van der Waals surface area contributed by atoms with Gasteiger partial charge in [-0.15, -0.1) is 0 Å². The number of amides is 1. The van der Waals surface area contributed by atoms with E-state index in [0.717, 1.165) is 19.3 Å². The Labute approximate surface area is 91.8 Å². The Balaban J connectivity index is 1.83. The van der Waals surface area contributed by atoms with Gasteiger partial charge in [0.25, 0.3) is 0 Å². The van der Waals surface area contributed by atoms with Crippen LogP contribution in [0.5, 0.6) is 0 Å². The molecule has 86 valence electrons. The molecule has 0 aromatic rings. The van der Waals surface area contributed by atoms with Crippen molar-refractivity contribution in [2.75, 3.05) is 0 Å². The number of rotatable bonds is 2. The SMILES string of the molecule is CC1(C)CC1C(=O)NC1CCCCC1N. The van der Waals surface area contributed by atoms with E-state index >= 15 is 0 Å². The molecule has 3 N–H and O–H groups in total. The maximum absolute atomic E-state index is 11.9. The molecule has 0 spiro atoms. The summed E-state index contributed by atoms with van der Waals surface area (Å²) < 4.78 is 0. The molecule has 3 heteroatoms. The molecule has 2 aliphatic carbocycles. The van der Waals surface area contributed by atoms with Crippen LogP contribution >= 0.6 is 0 Å². The van der Waals surface area contributed by atoms with Gasteiger partial charge in [-0.25, -0.2) is 0 Å². The van der Waals surface area contributed by atoms with Gasteiger partial charge in [-0.3, -0.25) is 4.79 Å². The lowest BCUT2D eigenvalue weighted by Crippen LogP contribution is -2.50. The molecule has 3 atom stereocenters. The van der Waals surface area contributed by atoms with Crippen LogP contribution in [-0.4, -0.2) is 18.0 Å². The first-order valence-corrected chi connectivity index (χ1v) is 6.07. The van der Waals surface area contributed by atoms with Gasteiger partial charge >= 0.3 is 0 Å². The first kappa shape index (κ1) is 10.9. The third kappa shape index (κ3) is 2.33. The summed E-state index contributed by atoms with van der Waals surface area (Å²) in [5.74, 6) is 0.453. The highest BCUT2D eigenvalue weighted by Gasteiger charge is 2.50. The molecule has 0 saturated heterocycles. The minimum Gasteiger partial charge on any atom is -0.352 e. The molecule has 1 amide bonds. The Kier molecular flexibility index (Phi) is 2.75. The zero-order valence-corrected chi connectivity index (χ0v) is 9.75. The largest absolute Gasteiger partial charge is 0.352 e. The Morgan fingerprint density at radius 2 is 1.93 bits per heavy atom. The number of carbonyl (C=O) groups excluding carboxylic acids is 1. The molecule has 2 saturated carbocycles. The zero-order chi connectivity index (χ0) is 11.1. The van der Waals surface area contributed by atoms with E-state index in [-0.39, 0.29) is 29.3 Å². The van der Waals surface area contributed by atoms with Crippen molar-refractivity contribution in [3.05, 3.63) is 0 Å². The number of nitrogens with two attached hydrogens (primary N) is 1. The van der Waals surface area contributed by atoms with Gasteiger partial charge in [0.1, 0.15) is 0 Å². The zero-order valence-electron chi connectivity index (χ0n) is 9.75. The standard InChI is InChI=1S/C12H22N2O/c1-12(2)7-8(12)11(15)14-10-6-4-3-5-9(10)13/h8-10H,3-7,13H2,1-2H3,(H,14,15). The summed E-state index contributed by atoms with van der Waals surface area (Å²) in [6.45, 7) is 4.30. The van der Waals surface area contributed by atoms with Crippen molar-refractivity contribution >= 4 is 5.91 Å². The van der Waals surface area contributed by atoms with E-state index in [0.29, 0.717) is 0 Å². The summed E-state index contributed by atoms with van der Waals surface area (Å²) in [4.78, 5) is 11.9. The van der Waals surface area contributed by atoms with Crippen molar-refractivity contribution < 1.29 is 4.79 Å². The third-order valence-corrected chi connectivity index (χ3v) is 3.98. The lowest BCUT2D eigenvalue weighted by molar-refractivity contribution is -0.124. The van der Waals surface area contributed by atoms with Crippen LogP contribution in [0.1, 0.15) is 46.0 Å². The average molecular weight is 210 g/mol. The van der Waals surface area contributed by atoms with Gasteiger partial charge in [-0.1, -0.05) is 26.7 Å². The predicted molar refractivity (Wildman–Crippen MR) is 60.3 cm³/mol. The highest BCUT2D eigenvalue weighted by molar-refractivity contribution is 5.82. The van der Waals surface area contributed by atoms with E-state index in [1.807, 2.05) is 0 Å². The molecule has 0 aromatic heterocycles. The fraction of sp³-hybridized carbons (Fsp3) is 0.917. The van der Waals surface area contributed by atoms with Crippen molar-refractivity contribution in [3.8, 4) is 0 Å². The van der Waals surface area contributed by atoms with Crippen LogP contribution in [0.3, 0.4) is 0 Å². The van der Waals surface area contributed by atoms with Crippen molar-refractivity contribution in [1.29, 1.82) is 0 Å². The van der Waals surface area contributed by atoms with Crippen molar-refractivity contribution in [2.24, 2.45) is 17.1 Å². The molecule has 0 bridgehead atoms. The molecule has 0 heterocycles. The van der Waals surface area contributed by atoms with E-state index in [9.17, 15) is 4.79 Å². The summed E-state index contributed by atoms with van der Waals surface area (Å²) in [7, 11) is 0. The predicted octanol–water partition coefficient (Wildman–Crippen LogP) is 1.42. The lowest BCUT2D eigenvalue weighted by atomic mass is 9.91. The highest BCUT2D eigenvalue weighted by atomic mass is 16.2. The minimum absolute atomic E-state index is 0.171. The van der Waals surface area contributed by atoms with Crippen molar-refractivity contribution in [1.82, 2.24) is 5.32 Å². The van der Waals surface area contributed by atoms with Crippen LogP contribution in [0.25, 0.3) is 0 Å². The second-order valence-electron chi connectivity index (χ2n) is 5.81. The smallest absolute Gasteiger partial charge is 0.223 e. The van der Waals surface area contributed by atoms with Gasteiger partial charge in [-0.2, -0.15) is 0 Å². The van der Waals surface area contributed by atoms with Gasteiger partial charge < -0.3 is 11.1 Å². The average Bonchev–Trinajstić information content (AvgIpc) is 2.79. The van der Waals surface area contributed by atoms with Crippen LogP contribution in [0.4, 0.5) is 0 Å². The molecule has 0 aliphatic heterocycles. The van der Waals surface area contributed by atoms with E-state index in [1.165, 1.54) is 12.8 Å². The van der Waals surface area contributed by atoms with E-state index in [1.54, 1.807) is 0 Å². The number of carbonyl (C=O) groups is 1. The Bertz CT molecular complexity index is 262. The second kappa shape index (κ2) is 3.78. The Morgan fingerprint density at radius 3 is 2.47 bits per heavy atom. The number of hydrogen-bond donors (Lipinski definition) is 2. The van der Waals surface area contributed by atoms with E-state index in [4.69, 9.17) is 5.73 Å². The summed E-state index contributed by atoms with van der Waals surface area (Å²) in [6, 6.07) is 0.396. The first-order valence-electron chi connectivity index (χ1n) is 6.07.